The van der Waals surface area contributed by atoms with Gasteiger partial charge in [-0.15, -0.1) is 0 Å². The highest BCUT2D eigenvalue weighted by Gasteiger charge is 2.33. The van der Waals surface area contributed by atoms with Crippen molar-refractivity contribution in [1.29, 1.82) is 0 Å². The van der Waals surface area contributed by atoms with Crippen LogP contribution in [0.5, 0.6) is 0 Å². The Hall–Kier alpha value is -0.570. The molecule has 0 radical (unpaired) electrons. The molecule has 0 aliphatic rings. The molecule has 0 heterocycles. The average molecular weight is 518 g/mol. The second kappa shape index (κ2) is 17.0. The van der Waals surface area contributed by atoms with Crippen LogP contribution in [0.15, 0.2) is 12.2 Å². The summed E-state index contributed by atoms with van der Waals surface area (Å²) in [6, 6.07) is 0. The Kier molecular flexibility index (Phi) is 19.0. The van der Waals surface area contributed by atoms with Gasteiger partial charge in [-0.2, -0.15) is 0 Å². The molecule has 10 nitrogen and oxygen atoms in total. The van der Waals surface area contributed by atoms with E-state index < -0.39 is 26.6 Å². The first kappa shape index (κ1) is 37.0. The van der Waals surface area contributed by atoms with Crippen molar-refractivity contribution in [3.63, 3.8) is 0 Å². The lowest BCUT2D eigenvalue weighted by molar-refractivity contribution is -0.921. The number of carbonyl (C=O) groups excluding carboxylic acids is 1. The molecule has 0 aromatic heterocycles. The maximum Gasteiger partial charge on any atom is 0.352 e. The van der Waals surface area contributed by atoms with Gasteiger partial charge < -0.3 is 38.4 Å². The summed E-state index contributed by atoms with van der Waals surface area (Å²) in [6.07, 6.45) is 0. The maximum absolute atomic E-state index is 10.9. The van der Waals surface area contributed by atoms with Gasteiger partial charge in [0, 0.05) is 5.57 Å². The highest BCUT2D eigenvalue weighted by atomic mass is 31.2. The van der Waals surface area contributed by atoms with E-state index in [4.69, 9.17) is 9.79 Å². The Morgan fingerprint density at radius 2 is 1.03 bits per heavy atom. The lowest BCUT2D eigenvalue weighted by atomic mass is 10.3. The number of nitrogens with one attached hydrogen (secondary N) is 1. The van der Waals surface area contributed by atoms with Crippen LogP contribution in [0.3, 0.4) is 0 Å². The number of carbonyl (C=O) groups is 1. The van der Waals surface area contributed by atoms with Gasteiger partial charge in [-0.3, -0.25) is 9.36 Å². The molecule has 0 aliphatic heterocycles. The van der Waals surface area contributed by atoms with Crippen molar-refractivity contribution in [3.05, 3.63) is 12.2 Å². The van der Waals surface area contributed by atoms with E-state index in [-0.39, 0.29) is 5.57 Å². The van der Waals surface area contributed by atoms with Crippen LogP contribution in [-0.4, -0.2) is 82.5 Å². The lowest BCUT2D eigenvalue weighted by Crippen LogP contribution is -2.47. The number of quaternary nitrogens is 2. The predicted molar refractivity (Wildman–Crippen MR) is 131 cm³/mol. The molecule has 3 N–H and O–H groups in total. The fraction of sp³-hybridized carbons (Fsp3) is 0.857. The molecule has 0 aromatic carbocycles. The molecule has 0 spiro atoms. The third-order valence-electron chi connectivity index (χ3n) is 6.63. The highest BCUT2D eigenvalue weighted by Crippen LogP contribution is 2.53. The van der Waals surface area contributed by atoms with Crippen LogP contribution < -0.4 is 15.1 Å². The highest BCUT2D eigenvalue weighted by molar-refractivity contribution is 7.69. The Morgan fingerprint density at radius 1 is 0.788 bits per heavy atom. The summed E-state index contributed by atoms with van der Waals surface area (Å²) in [6.45, 7) is 32.7. The molecule has 1 atom stereocenters. The van der Waals surface area contributed by atoms with Crippen LogP contribution in [0.2, 0.25) is 0 Å². The Balaban J connectivity index is -0.000000433. The van der Waals surface area contributed by atoms with Gasteiger partial charge in [-0.25, -0.2) is 0 Å². The zero-order valence-electron chi connectivity index (χ0n) is 22.2. The first-order valence-electron chi connectivity index (χ1n) is 11.7. The molecule has 33 heavy (non-hydrogen) atoms. The summed E-state index contributed by atoms with van der Waals surface area (Å²) in [5.74, 6) is -1.12. The lowest BCUT2D eigenvalue weighted by Gasteiger charge is -2.38. The van der Waals surface area contributed by atoms with Crippen LogP contribution in [0, 0.1) is 0 Å². The van der Waals surface area contributed by atoms with Gasteiger partial charge in [0.25, 0.3) is 0 Å². The Labute approximate surface area is 201 Å². The van der Waals surface area contributed by atoms with Crippen LogP contribution >= 0.6 is 15.2 Å². The number of hydrogen-bond donors (Lipinski definition) is 3. The fourth-order valence-corrected chi connectivity index (χ4v) is 5.31. The molecule has 0 saturated carbocycles. The van der Waals surface area contributed by atoms with Gasteiger partial charge in [0.2, 0.25) is 5.91 Å². The minimum Gasteiger partial charge on any atom is -0.809 e. The van der Waals surface area contributed by atoms with Crippen LogP contribution in [0.1, 0.15) is 62.3 Å². The molecule has 0 aliphatic carbocycles. The van der Waals surface area contributed by atoms with E-state index in [1.54, 1.807) is 0 Å². The topological polar surface area (TPSA) is 150 Å². The van der Waals surface area contributed by atoms with E-state index in [9.17, 15) is 23.7 Å². The summed E-state index contributed by atoms with van der Waals surface area (Å²) in [7, 11) is -10.9. The second-order valence-corrected chi connectivity index (χ2v) is 11.7. The number of rotatable bonds is 12. The van der Waals surface area contributed by atoms with Crippen molar-refractivity contribution < 1.29 is 42.5 Å². The predicted octanol–water partition coefficient (Wildman–Crippen LogP) is 1.82. The van der Waals surface area contributed by atoms with Gasteiger partial charge in [-0.1, -0.05) is 6.58 Å². The number of hydrogen-bond acceptors (Lipinski definition) is 5. The van der Waals surface area contributed by atoms with Crippen molar-refractivity contribution in [3.8, 4) is 0 Å². The quantitative estimate of drug-likeness (QED) is 0.203. The SMILES string of the molecule is C=C(C)C(=O)NC(P(=O)([O-])[O-])P(=O)(O)O.CC[N+](CC)(CC)CC.CC[N+](CC)(CC)CC. The molecule has 0 bridgehead atoms. The van der Waals surface area contributed by atoms with E-state index in [2.05, 4.69) is 62.0 Å². The van der Waals surface area contributed by atoms with E-state index in [0.717, 1.165) is 0 Å². The van der Waals surface area contributed by atoms with Crippen molar-refractivity contribution in [2.75, 3.05) is 52.4 Å². The molecule has 1 unspecified atom stereocenters. The summed E-state index contributed by atoms with van der Waals surface area (Å²) in [5.41, 5.74) is -2.93. The monoisotopic (exact) mass is 517 g/mol. The summed E-state index contributed by atoms with van der Waals surface area (Å²) in [5, 5.41) is 1.41. The van der Waals surface area contributed by atoms with E-state index in [0.29, 0.717) is 0 Å². The minimum atomic E-state index is -5.63. The van der Waals surface area contributed by atoms with E-state index >= 15 is 0 Å². The Morgan fingerprint density at radius 3 is 1.12 bits per heavy atom. The largest absolute Gasteiger partial charge is 0.809 e. The molecular weight excluding hydrogens is 468 g/mol. The first-order valence-corrected chi connectivity index (χ1v) is 15.0. The molecule has 1 amide bonds. The first-order chi connectivity index (χ1) is 14.9. The van der Waals surface area contributed by atoms with Crippen molar-refractivity contribution in [2.45, 2.75) is 67.8 Å². The average Bonchev–Trinajstić information content (AvgIpc) is 2.75. The smallest absolute Gasteiger partial charge is 0.352 e. The van der Waals surface area contributed by atoms with Gasteiger partial charge in [0.05, 0.1) is 52.4 Å². The van der Waals surface area contributed by atoms with E-state index in [1.165, 1.54) is 73.6 Å². The van der Waals surface area contributed by atoms with Gasteiger partial charge >= 0.3 is 7.60 Å². The summed E-state index contributed by atoms with van der Waals surface area (Å²) in [4.78, 5) is 48.9. The molecule has 0 rings (SSSR count). The molecule has 200 valence electrons. The third-order valence-corrected chi connectivity index (χ3v) is 9.88. The van der Waals surface area contributed by atoms with Gasteiger partial charge in [-0.05, 0) is 69.9 Å². The van der Waals surface area contributed by atoms with Gasteiger partial charge in [0.1, 0.15) is 0 Å². The molecule has 0 saturated heterocycles. The molecule has 12 heteroatoms. The van der Waals surface area contributed by atoms with Gasteiger partial charge in [0.15, 0.2) is 5.52 Å². The van der Waals surface area contributed by atoms with Crippen LogP contribution in [-0.2, 0) is 13.9 Å². The summed E-state index contributed by atoms with van der Waals surface area (Å²) < 4.78 is 23.6. The zero-order chi connectivity index (χ0) is 27.1. The normalized spacial score (nSPS) is 13.1. The second-order valence-electron chi connectivity index (χ2n) is 7.97. The fourth-order valence-electron chi connectivity index (χ4n) is 3.27. The van der Waals surface area contributed by atoms with E-state index in [1.807, 2.05) is 0 Å². The number of nitrogens with zero attached hydrogens (tertiary/aromatic N) is 2. The summed E-state index contributed by atoms with van der Waals surface area (Å²) >= 11 is 0. The maximum atomic E-state index is 10.9. The number of amides is 1. The van der Waals surface area contributed by atoms with Crippen LogP contribution in [0.25, 0.3) is 0 Å². The molecule has 0 fully saturated rings. The standard InChI is InChI=1S/2C8H20N.C5H11NO7P2/c2*1-5-9(6-2,7-3)8-4;1-3(2)4(7)6-5(14(8,9)10)15(11,12)13/h2*5-8H2,1-4H3;5H,1H2,2H3,(H,6,7)(H2,8,9,10)(H2,11,12,13)/q2*+1;/p-2. The zero-order valence-corrected chi connectivity index (χ0v) is 24.0. The van der Waals surface area contributed by atoms with Crippen molar-refractivity contribution >= 4 is 21.1 Å². The Bertz CT molecular complexity index is 577. The third kappa shape index (κ3) is 14.4. The van der Waals surface area contributed by atoms with Crippen LogP contribution in [0.4, 0.5) is 0 Å². The molecule has 0 aromatic rings. The van der Waals surface area contributed by atoms with Crippen molar-refractivity contribution in [1.82, 2.24) is 5.32 Å². The van der Waals surface area contributed by atoms with Crippen molar-refractivity contribution in [2.24, 2.45) is 0 Å². The minimum absolute atomic E-state index is 0.179. The molecular formula is C21H49N3O7P2.